The Labute approximate surface area is 230 Å². The van der Waals surface area contributed by atoms with Crippen LogP contribution in [0.2, 0.25) is 0 Å². The maximum atomic E-state index is 11.8. The predicted octanol–water partition coefficient (Wildman–Crippen LogP) is 2.31. The summed E-state index contributed by atoms with van der Waals surface area (Å²) < 4.78 is 64.9. The standard InChI is InChI=1S/C16H11N3O10S2.2Na/c20-12-7-11(30(24,25)26)5-8-6-13(31(27,28)29)15(16(21)14(8)12)18-17-9-1-3-10(4-2-9)19(22)23;;/h1-7,20-21H,(H,24,25,26)(H,27,28,29);;. The Morgan fingerprint density at radius 2 is 1.42 bits per heavy atom. The van der Waals surface area contributed by atoms with Crippen molar-refractivity contribution in [3.8, 4) is 11.5 Å². The largest absolute Gasteiger partial charge is 0.507 e. The normalized spacial score (nSPS) is 11.7. The van der Waals surface area contributed by atoms with Gasteiger partial charge in [0.05, 0.1) is 20.9 Å². The molecule has 0 aliphatic carbocycles. The summed E-state index contributed by atoms with van der Waals surface area (Å²) in [5, 5.41) is 37.7. The molecule has 4 N–H and O–H groups in total. The van der Waals surface area contributed by atoms with Gasteiger partial charge in [0.1, 0.15) is 16.3 Å². The van der Waals surface area contributed by atoms with Gasteiger partial charge >= 0.3 is 0 Å². The van der Waals surface area contributed by atoms with E-state index in [9.17, 15) is 41.7 Å². The Hall–Kier alpha value is -1.66. The van der Waals surface area contributed by atoms with Crippen molar-refractivity contribution in [1.29, 1.82) is 0 Å². The molecule has 33 heavy (non-hydrogen) atoms. The van der Waals surface area contributed by atoms with Crippen LogP contribution in [-0.2, 0) is 20.2 Å². The topological polar surface area (TPSA) is 217 Å². The van der Waals surface area contributed by atoms with E-state index in [0.29, 0.717) is 12.1 Å². The number of azo groups is 1. The Kier molecular flexibility index (Phi) is 9.55. The van der Waals surface area contributed by atoms with Crippen molar-refractivity contribution in [3.05, 3.63) is 52.6 Å². The van der Waals surface area contributed by atoms with Gasteiger partial charge in [0.25, 0.3) is 25.9 Å². The Morgan fingerprint density at radius 1 is 0.848 bits per heavy atom. The third kappa shape index (κ3) is 6.48. The second kappa shape index (κ2) is 10.7. The minimum Gasteiger partial charge on any atom is -0.507 e. The van der Waals surface area contributed by atoms with Crippen molar-refractivity contribution in [3.63, 3.8) is 0 Å². The fourth-order valence-electron chi connectivity index (χ4n) is 2.63. The molecule has 17 heteroatoms. The van der Waals surface area contributed by atoms with Gasteiger partial charge in [0.2, 0.25) is 0 Å². The molecule has 0 unspecified atom stereocenters. The minimum atomic E-state index is -5.03. The molecule has 0 saturated carbocycles. The van der Waals surface area contributed by atoms with E-state index in [1.54, 1.807) is 0 Å². The Morgan fingerprint density at radius 3 is 1.91 bits per heavy atom. The van der Waals surface area contributed by atoms with E-state index >= 15 is 0 Å². The van der Waals surface area contributed by atoms with Crippen molar-refractivity contribution in [2.24, 2.45) is 10.2 Å². The summed E-state index contributed by atoms with van der Waals surface area (Å²) in [6.45, 7) is 0. The van der Waals surface area contributed by atoms with Crippen LogP contribution >= 0.6 is 0 Å². The second-order valence-electron chi connectivity index (χ2n) is 6.04. The van der Waals surface area contributed by atoms with Gasteiger partial charge < -0.3 is 10.2 Å². The number of fused-ring (bicyclic) bond motifs is 1. The number of nitro benzene ring substituents is 1. The van der Waals surface area contributed by atoms with Gasteiger partial charge in [-0.15, -0.1) is 5.11 Å². The summed E-state index contributed by atoms with van der Waals surface area (Å²) in [6.07, 6.45) is 0. The molecule has 0 aliphatic heterocycles. The molecule has 0 atom stereocenters. The van der Waals surface area contributed by atoms with Gasteiger partial charge in [0, 0.05) is 77.3 Å². The number of phenols is 2. The Balaban J connectivity index is 0.00000272. The van der Waals surface area contributed by atoms with Crippen LogP contribution in [0, 0.1) is 10.1 Å². The molecule has 0 amide bonds. The molecule has 0 heterocycles. The third-order valence-corrected chi connectivity index (χ3v) is 5.70. The summed E-state index contributed by atoms with van der Waals surface area (Å²) in [5.74, 6) is -1.80. The zero-order valence-corrected chi connectivity index (χ0v) is 22.6. The number of non-ortho nitro benzene ring substituents is 1. The molecule has 0 aromatic heterocycles. The Bertz CT molecular complexity index is 1470. The third-order valence-electron chi connectivity index (χ3n) is 4.00. The van der Waals surface area contributed by atoms with Gasteiger partial charge in [-0.25, -0.2) is 0 Å². The van der Waals surface area contributed by atoms with Gasteiger partial charge in [-0.2, -0.15) is 21.9 Å². The van der Waals surface area contributed by atoms with Crippen LogP contribution in [-0.4, -0.2) is 100 Å². The SMILES string of the molecule is O=[N+]([O-])c1ccc(N=Nc2c(S(=O)(=O)O)cc3cc(S(=O)(=O)O)cc(O)c3c2O)cc1.[Na].[Na]. The molecule has 0 fully saturated rings. The van der Waals surface area contributed by atoms with Gasteiger partial charge in [-0.3, -0.25) is 19.2 Å². The molecule has 13 nitrogen and oxygen atoms in total. The number of benzene rings is 3. The fourth-order valence-corrected chi connectivity index (χ4v) is 3.82. The maximum Gasteiger partial charge on any atom is 0.296 e. The van der Waals surface area contributed by atoms with Crippen LogP contribution in [0.3, 0.4) is 0 Å². The van der Waals surface area contributed by atoms with Gasteiger partial charge in [-0.1, -0.05) is 0 Å². The number of nitro groups is 1. The quantitative estimate of drug-likeness (QED) is 0.128. The average Bonchev–Trinajstić information content (AvgIpc) is 2.65. The number of nitrogens with zero attached hydrogens (tertiary/aromatic N) is 3. The van der Waals surface area contributed by atoms with Crippen molar-refractivity contribution in [2.75, 3.05) is 0 Å². The molecule has 0 spiro atoms. The number of hydrogen-bond acceptors (Lipinski definition) is 10. The number of phenolic OH excluding ortho intramolecular Hbond substituents is 2. The van der Waals surface area contributed by atoms with Gasteiger partial charge in [-0.05, 0) is 29.7 Å². The molecule has 2 radical (unpaired) electrons. The molecule has 164 valence electrons. The van der Waals surface area contributed by atoms with E-state index in [2.05, 4.69) is 10.2 Å². The second-order valence-corrected chi connectivity index (χ2v) is 8.85. The fraction of sp³-hybridized carbons (Fsp3) is 0. The first-order valence-electron chi connectivity index (χ1n) is 7.93. The van der Waals surface area contributed by atoms with Crippen LogP contribution in [0.25, 0.3) is 10.8 Å². The molecule has 3 rings (SSSR count). The first-order chi connectivity index (χ1) is 14.3. The maximum absolute atomic E-state index is 11.8. The molecule has 3 aromatic carbocycles. The summed E-state index contributed by atoms with van der Waals surface area (Å²) in [6, 6.07) is 6.65. The van der Waals surface area contributed by atoms with Crippen LogP contribution in [0.15, 0.2) is 62.5 Å². The van der Waals surface area contributed by atoms with Crippen LogP contribution in [0.4, 0.5) is 17.1 Å². The van der Waals surface area contributed by atoms with Gasteiger partial charge in [0.15, 0.2) is 5.75 Å². The summed E-state index contributed by atoms with van der Waals surface area (Å²) >= 11 is 0. The molecule has 0 aliphatic rings. The molecular formula is C16H11N3Na2O10S2. The van der Waals surface area contributed by atoms with Crippen molar-refractivity contribution >= 4 is 107 Å². The average molecular weight is 515 g/mol. The monoisotopic (exact) mass is 515 g/mol. The van der Waals surface area contributed by atoms with E-state index in [0.717, 1.165) is 18.2 Å². The van der Waals surface area contributed by atoms with Crippen molar-refractivity contribution in [2.45, 2.75) is 9.79 Å². The van der Waals surface area contributed by atoms with Crippen LogP contribution in [0.1, 0.15) is 0 Å². The summed E-state index contributed by atoms with van der Waals surface area (Å²) in [5.41, 5.74) is -1.01. The predicted molar refractivity (Wildman–Crippen MR) is 116 cm³/mol. The number of hydrogen-bond donors (Lipinski definition) is 4. The van der Waals surface area contributed by atoms with E-state index in [1.807, 2.05) is 0 Å². The summed E-state index contributed by atoms with van der Waals surface area (Å²) in [4.78, 5) is 8.25. The molecule has 0 bridgehead atoms. The first kappa shape index (κ1) is 29.4. The number of rotatable bonds is 5. The van der Waals surface area contributed by atoms with E-state index in [1.165, 1.54) is 12.1 Å². The molecule has 3 aromatic rings. The van der Waals surface area contributed by atoms with Crippen molar-refractivity contribution in [1.82, 2.24) is 0 Å². The van der Waals surface area contributed by atoms with Crippen LogP contribution < -0.4 is 0 Å². The molecule has 0 saturated heterocycles. The zero-order chi connectivity index (χ0) is 23.1. The minimum absolute atomic E-state index is 0. The van der Waals surface area contributed by atoms with Crippen LogP contribution in [0.5, 0.6) is 11.5 Å². The summed E-state index contributed by atoms with van der Waals surface area (Å²) in [7, 11) is -9.82. The number of aromatic hydroxyl groups is 2. The smallest absolute Gasteiger partial charge is 0.296 e. The molecular weight excluding hydrogens is 504 g/mol. The zero-order valence-electron chi connectivity index (χ0n) is 16.9. The van der Waals surface area contributed by atoms with E-state index < -0.39 is 57.5 Å². The van der Waals surface area contributed by atoms with Crippen molar-refractivity contribution < 1.29 is 41.1 Å². The first-order valence-corrected chi connectivity index (χ1v) is 10.8. The van der Waals surface area contributed by atoms with E-state index in [4.69, 9.17) is 4.55 Å². The van der Waals surface area contributed by atoms with E-state index in [-0.39, 0.29) is 75.9 Å².